The van der Waals surface area contributed by atoms with E-state index in [4.69, 9.17) is 18.6 Å². The van der Waals surface area contributed by atoms with Crippen molar-refractivity contribution in [3.8, 4) is 62.7 Å². The number of aromatic hydroxyl groups is 4. The van der Waals surface area contributed by atoms with Crippen LogP contribution in [0.25, 0.3) is 33.4 Å². The van der Waals surface area contributed by atoms with Crippen LogP contribution in [0.15, 0.2) is 75.9 Å². The Hall–Kier alpha value is -5.64. The van der Waals surface area contributed by atoms with Gasteiger partial charge in [-0.2, -0.15) is 0 Å². The number of phenolic OH excluding ortho intramolecular Hbond substituents is 4. The number of hydrogen-bond donors (Lipinski definition) is 4. The van der Waals surface area contributed by atoms with Crippen molar-refractivity contribution in [3.63, 3.8) is 0 Å². The monoisotopic (exact) mass is 568 g/mol. The molecule has 2 heterocycles. The number of benzene rings is 4. The fraction of sp³-hybridized carbons (Fsp3) is 0.125. The highest BCUT2D eigenvalue weighted by Gasteiger charge is 2.34. The zero-order valence-corrected chi connectivity index (χ0v) is 22.4. The number of carbonyl (C=O) groups is 1. The van der Waals surface area contributed by atoms with Crippen molar-refractivity contribution in [2.45, 2.75) is 12.5 Å². The first kappa shape index (κ1) is 26.6. The number of ketones is 1. The molecule has 42 heavy (non-hydrogen) atoms. The SMILES string of the molecule is COc1ccc([C@@H]2CC(=O)c3c(cc(O)c(-c4cc(-c5cc(=O)c6c(O)cc(O)cc6o5)ccc4OC)c3O)O2)cc1. The van der Waals surface area contributed by atoms with Gasteiger partial charge in [0.15, 0.2) is 11.2 Å². The lowest BCUT2D eigenvalue weighted by atomic mass is 9.91. The number of Topliss-reactive ketones (excluding diaryl/α,β-unsaturated/α-hetero) is 1. The Morgan fingerprint density at radius 1 is 0.810 bits per heavy atom. The molecular formula is C32H24O10. The van der Waals surface area contributed by atoms with Crippen molar-refractivity contribution < 1.29 is 43.8 Å². The number of phenols is 4. The lowest BCUT2D eigenvalue weighted by Gasteiger charge is -2.27. The minimum Gasteiger partial charge on any atom is -0.508 e. The summed E-state index contributed by atoms with van der Waals surface area (Å²) in [6.07, 6.45) is -0.677. The van der Waals surface area contributed by atoms with Crippen molar-refractivity contribution >= 4 is 16.8 Å². The van der Waals surface area contributed by atoms with Gasteiger partial charge in [-0.1, -0.05) is 12.1 Å². The second kappa shape index (κ2) is 10.1. The fourth-order valence-corrected chi connectivity index (χ4v) is 5.18. The summed E-state index contributed by atoms with van der Waals surface area (Å²) in [5.41, 5.74) is 0.543. The summed E-state index contributed by atoms with van der Waals surface area (Å²) >= 11 is 0. The molecule has 0 spiro atoms. The van der Waals surface area contributed by atoms with Crippen LogP contribution in [0.3, 0.4) is 0 Å². The van der Waals surface area contributed by atoms with Crippen molar-refractivity contribution in [1.82, 2.24) is 0 Å². The maximum absolute atomic E-state index is 13.3. The molecule has 5 aromatic rings. The molecule has 0 fully saturated rings. The van der Waals surface area contributed by atoms with E-state index in [0.29, 0.717) is 11.3 Å². The van der Waals surface area contributed by atoms with Crippen LogP contribution >= 0.6 is 0 Å². The van der Waals surface area contributed by atoms with E-state index in [0.717, 1.165) is 11.6 Å². The highest BCUT2D eigenvalue weighted by atomic mass is 16.5. The fourth-order valence-electron chi connectivity index (χ4n) is 5.18. The van der Waals surface area contributed by atoms with Crippen LogP contribution in [0.4, 0.5) is 0 Å². The molecule has 1 atom stereocenters. The van der Waals surface area contributed by atoms with Gasteiger partial charge in [0.25, 0.3) is 0 Å². The Morgan fingerprint density at radius 3 is 2.29 bits per heavy atom. The highest BCUT2D eigenvalue weighted by molar-refractivity contribution is 6.06. The number of carbonyl (C=O) groups excluding carboxylic acids is 1. The van der Waals surface area contributed by atoms with Gasteiger partial charge in [0.05, 0.1) is 26.2 Å². The van der Waals surface area contributed by atoms with E-state index in [-0.39, 0.29) is 68.6 Å². The Bertz CT molecular complexity index is 1940. The van der Waals surface area contributed by atoms with Gasteiger partial charge in [0.2, 0.25) is 0 Å². The van der Waals surface area contributed by atoms with Gasteiger partial charge < -0.3 is 39.1 Å². The van der Waals surface area contributed by atoms with Crippen LogP contribution in [-0.2, 0) is 0 Å². The summed E-state index contributed by atoms with van der Waals surface area (Å²) in [7, 11) is 2.95. The minimum absolute atomic E-state index is 0.0288. The molecule has 4 N–H and O–H groups in total. The van der Waals surface area contributed by atoms with Gasteiger partial charge in [0, 0.05) is 35.4 Å². The Labute approximate surface area is 238 Å². The van der Waals surface area contributed by atoms with Gasteiger partial charge in [-0.05, 0) is 35.9 Å². The molecule has 212 valence electrons. The molecule has 6 rings (SSSR count). The first-order valence-electron chi connectivity index (χ1n) is 12.8. The van der Waals surface area contributed by atoms with Gasteiger partial charge >= 0.3 is 0 Å². The van der Waals surface area contributed by atoms with Crippen molar-refractivity contribution in [2.24, 2.45) is 0 Å². The second-order valence-electron chi connectivity index (χ2n) is 9.73. The number of ether oxygens (including phenoxy) is 3. The molecule has 0 saturated carbocycles. The van der Waals surface area contributed by atoms with E-state index in [1.54, 1.807) is 43.5 Å². The first-order valence-corrected chi connectivity index (χ1v) is 12.8. The number of methoxy groups -OCH3 is 2. The average molecular weight is 569 g/mol. The van der Waals surface area contributed by atoms with Crippen molar-refractivity contribution in [3.05, 3.63) is 88.1 Å². The average Bonchev–Trinajstić information content (AvgIpc) is 2.96. The maximum Gasteiger partial charge on any atom is 0.197 e. The van der Waals surface area contributed by atoms with Gasteiger partial charge in [-0.3, -0.25) is 9.59 Å². The van der Waals surface area contributed by atoms with Gasteiger partial charge in [-0.15, -0.1) is 0 Å². The van der Waals surface area contributed by atoms with Gasteiger partial charge in [-0.25, -0.2) is 0 Å². The third-order valence-corrected chi connectivity index (χ3v) is 7.20. The predicted octanol–water partition coefficient (Wildman–Crippen LogP) is 5.67. The van der Waals surface area contributed by atoms with E-state index >= 15 is 0 Å². The molecular weight excluding hydrogens is 544 g/mol. The Balaban J connectivity index is 1.45. The molecule has 10 nitrogen and oxygen atoms in total. The smallest absolute Gasteiger partial charge is 0.197 e. The third kappa shape index (κ3) is 4.39. The number of hydrogen-bond acceptors (Lipinski definition) is 10. The molecule has 0 bridgehead atoms. The van der Waals surface area contributed by atoms with Crippen LogP contribution in [0.5, 0.6) is 40.2 Å². The zero-order chi connectivity index (χ0) is 29.7. The van der Waals surface area contributed by atoms with Crippen molar-refractivity contribution in [2.75, 3.05) is 14.2 Å². The topological polar surface area (TPSA) is 156 Å². The largest absolute Gasteiger partial charge is 0.508 e. The molecule has 1 aliphatic heterocycles. The number of rotatable bonds is 5. The van der Waals surface area contributed by atoms with Crippen molar-refractivity contribution in [1.29, 1.82) is 0 Å². The molecule has 1 aliphatic rings. The normalized spacial score (nSPS) is 14.3. The number of fused-ring (bicyclic) bond motifs is 2. The first-order chi connectivity index (χ1) is 20.2. The third-order valence-electron chi connectivity index (χ3n) is 7.20. The predicted molar refractivity (Wildman–Crippen MR) is 152 cm³/mol. The second-order valence-corrected chi connectivity index (χ2v) is 9.73. The molecule has 4 aromatic carbocycles. The summed E-state index contributed by atoms with van der Waals surface area (Å²) in [6.45, 7) is 0. The molecule has 0 amide bonds. The van der Waals surface area contributed by atoms with Crippen LogP contribution in [0.1, 0.15) is 28.4 Å². The minimum atomic E-state index is -0.631. The molecule has 1 aromatic heterocycles. The van der Waals surface area contributed by atoms with E-state index in [1.807, 2.05) is 0 Å². The molecule has 10 heteroatoms. The quantitative estimate of drug-likeness (QED) is 0.208. The standard InChI is InChI=1S/C32H24O10/c1-39-18-6-3-15(4-7-18)25-13-23(37)31-28(41-25)14-21(35)29(32(31)38)19-9-16(5-8-24(19)40-2)26-12-22(36)30-20(34)10-17(33)11-27(30)42-26/h3-12,14,25,33-35,38H,13H2,1-2H3/t25-/m0/s1. The Kier molecular flexibility index (Phi) is 6.38. The highest BCUT2D eigenvalue weighted by Crippen LogP contribution is 2.51. The summed E-state index contributed by atoms with van der Waals surface area (Å²) < 4.78 is 22.5. The summed E-state index contributed by atoms with van der Waals surface area (Å²) in [5.74, 6) is -0.952. The lowest BCUT2D eigenvalue weighted by Crippen LogP contribution is -2.20. The van der Waals surface area contributed by atoms with E-state index in [2.05, 4.69) is 0 Å². The lowest BCUT2D eigenvalue weighted by molar-refractivity contribution is 0.0845. The molecule has 0 radical (unpaired) electrons. The Morgan fingerprint density at radius 2 is 1.57 bits per heavy atom. The van der Waals surface area contributed by atoms with Crippen LogP contribution in [0, 0.1) is 0 Å². The molecule has 0 unspecified atom stereocenters. The van der Waals surface area contributed by atoms with E-state index in [1.165, 1.54) is 31.4 Å². The molecule has 0 saturated heterocycles. The van der Waals surface area contributed by atoms with Crippen LogP contribution < -0.4 is 19.6 Å². The van der Waals surface area contributed by atoms with E-state index < -0.39 is 23.0 Å². The zero-order valence-electron chi connectivity index (χ0n) is 22.4. The van der Waals surface area contributed by atoms with E-state index in [9.17, 15) is 30.0 Å². The van der Waals surface area contributed by atoms with Gasteiger partial charge in [0.1, 0.15) is 68.6 Å². The molecule has 0 aliphatic carbocycles. The maximum atomic E-state index is 13.3. The summed E-state index contributed by atoms with van der Waals surface area (Å²) in [6, 6.07) is 16.4. The summed E-state index contributed by atoms with van der Waals surface area (Å²) in [5, 5.41) is 42.3. The van der Waals surface area contributed by atoms with Crippen LogP contribution in [-0.4, -0.2) is 40.4 Å². The van der Waals surface area contributed by atoms with Crippen LogP contribution in [0.2, 0.25) is 0 Å². The summed E-state index contributed by atoms with van der Waals surface area (Å²) in [4.78, 5) is 26.1.